The number of hydrogen-bond acceptors (Lipinski definition) is 4. The molecule has 0 bridgehead atoms. The molecule has 0 aliphatic carbocycles. The van der Waals surface area contributed by atoms with Gasteiger partial charge in [-0.15, -0.1) is 0 Å². The van der Waals surface area contributed by atoms with Gasteiger partial charge in [-0.25, -0.2) is 4.98 Å². The first-order valence-corrected chi connectivity index (χ1v) is 5.91. The Morgan fingerprint density at radius 2 is 2.17 bits per heavy atom. The van der Waals surface area contributed by atoms with Gasteiger partial charge >= 0.3 is 0 Å². The monoisotopic (exact) mass is 247 g/mol. The minimum Gasteiger partial charge on any atom is -0.441 e. The van der Waals surface area contributed by atoms with E-state index in [2.05, 4.69) is 10.3 Å². The Labute approximate surface area is 105 Å². The summed E-state index contributed by atoms with van der Waals surface area (Å²) in [6, 6.07) is 4.82. The van der Waals surface area contributed by atoms with E-state index in [0.717, 1.165) is 5.52 Å². The molecule has 1 aromatic heterocycles. The number of nitrogens with two attached hydrogens (primary N) is 1. The fraction of sp³-hybridized carbons (Fsp3) is 0.385. The van der Waals surface area contributed by atoms with Crippen molar-refractivity contribution in [3.8, 4) is 0 Å². The minimum absolute atomic E-state index is 0.100. The highest BCUT2D eigenvalue weighted by atomic mass is 16.3. The molecule has 1 aromatic carbocycles. The molecule has 0 spiro atoms. The van der Waals surface area contributed by atoms with Gasteiger partial charge in [-0.1, -0.05) is 13.8 Å². The number of benzene rings is 1. The maximum absolute atomic E-state index is 11.8. The van der Waals surface area contributed by atoms with Crippen LogP contribution in [-0.2, 0) is 4.79 Å². The minimum atomic E-state index is -0.514. The van der Waals surface area contributed by atoms with E-state index < -0.39 is 6.04 Å². The summed E-state index contributed by atoms with van der Waals surface area (Å²) in [7, 11) is 0. The molecule has 0 aliphatic rings. The van der Waals surface area contributed by atoms with E-state index in [1.54, 1.807) is 25.1 Å². The average Bonchev–Trinajstić information content (AvgIpc) is 2.67. The first kappa shape index (κ1) is 12.6. The second kappa shape index (κ2) is 4.78. The molecular weight excluding hydrogens is 230 g/mol. The van der Waals surface area contributed by atoms with Crippen LogP contribution >= 0.6 is 0 Å². The van der Waals surface area contributed by atoms with Crippen molar-refractivity contribution >= 4 is 22.7 Å². The molecule has 96 valence electrons. The second-order valence-electron chi connectivity index (χ2n) is 4.67. The number of carbonyl (C=O) groups excluding carboxylic acids is 1. The highest BCUT2D eigenvalue weighted by Gasteiger charge is 2.17. The summed E-state index contributed by atoms with van der Waals surface area (Å²) in [6.07, 6.45) is 0. The molecule has 1 heterocycles. The first-order chi connectivity index (χ1) is 8.47. The molecule has 0 fully saturated rings. The number of aromatic nitrogens is 1. The number of carbonyl (C=O) groups is 1. The number of hydrogen-bond donors (Lipinski definition) is 2. The number of fused-ring (bicyclic) bond motifs is 1. The average molecular weight is 247 g/mol. The molecule has 3 N–H and O–H groups in total. The molecule has 0 unspecified atom stereocenters. The van der Waals surface area contributed by atoms with Crippen LogP contribution in [0.15, 0.2) is 22.6 Å². The van der Waals surface area contributed by atoms with Crippen molar-refractivity contribution < 1.29 is 9.21 Å². The molecule has 18 heavy (non-hydrogen) atoms. The standard InChI is InChI=1S/C13H17N3O2/c1-7(2)12(14)13(17)16-9-4-5-11-10(6-9)15-8(3)18-11/h4-7,12H,14H2,1-3H3,(H,16,17)/t12-/m0/s1. The van der Waals surface area contributed by atoms with Gasteiger partial charge in [-0.2, -0.15) is 0 Å². The zero-order valence-electron chi connectivity index (χ0n) is 10.7. The van der Waals surface area contributed by atoms with E-state index >= 15 is 0 Å². The van der Waals surface area contributed by atoms with Crippen LogP contribution in [0, 0.1) is 12.8 Å². The molecule has 1 amide bonds. The Hall–Kier alpha value is -1.88. The summed E-state index contributed by atoms with van der Waals surface area (Å²) in [6.45, 7) is 5.61. The molecule has 1 atom stereocenters. The van der Waals surface area contributed by atoms with Crippen molar-refractivity contribution in [2.75, 3.05) is 5.32 Å². The van der Waals surface area contributed by atoms with E-state index in [1.807, 2.05) is 13.8 Å². The van der Waals surface area contributed by atoms with E-state index in [-0.39, 0.29) is 11.8 Å². The van der Waals surface area contributed by atoms with Gasteiger partial charge < -0.3 is 15.5 Å². The number of amides is 1. The van der Waals surface area contributed by atoms with Crippen LogP contribution in [0.25, 0.3) is 11.1 Å². The maximum atomic E-state index is 11.8. The molecule has 0 saturated carbocycles. The fourth-order valence-corrected chi connectivity index (χ4v) is 1.65. The molecular formula is C13H17N3O2. The molecule has 0 saturated heterocycles. The normalized spacial score (nSPS) is 12.9. The molecule has 0 radical (unpaired) electrons. The summed E-state index contributed by atoms with van der Waals surface area (Å²) >= 11 is 0. The maximum Gasteiger partial charge on any atom is 0.241 e. The van der Waals surface area contributed by atoms with Crippen molar-refractivity contribution in [3.63, 3.8) is 0 Å². The number of nitrogens with one attached hydrogen (secondary N) is 1. The van der Waals surface area contributed by atoms with Crippen LogP contribution < -0.4 is 11.1 Å². The van der Waals surface area contributed by atoms with Gasteiger partial charge in [0.15, 0.2) is 11.5 Å². The van der Waals surface area contributed by atoms with Gasteiger partial charge in [0.2, 0.25) is 5.91 Å². The van der Waals surface area contributed by atoms with E-state index in [0.29, 0.717) is 17.2 Å². The lowest BCUT2D eigenvalue weighted by atomic mass is 10.0. The Kier molecular flexibility index (Phi) is 3.34. The van der Waals surface area contributed by atoms with Crippen LogP contribution in [0.5, 0.6) is 0 Å². The summed E-state index contributed by atoms with van der Waals surface area (Å²) in [5, 5.41) is 2.78. The smallest absolute Gasteiger partial charge is 0.241 e. The molecule has 5 heteroatoms. The second-order valence-corrected chi connectivity index (χ2v) is 4.67. The number of rotatable bonds is 3. The van der Waals surface area contributed by atoms with Gasteiger partial charge in [-0.05, 0) is 24.1 Å². The lowest BCUT2D eigenvalue weighted by molar-refractivity contribution is -0.118. The first-order valence-electron chi connectivity index (χ1n) is 5.91. The lowest BCUT2D eigenvalue weighted by Gasteiger charge is -2.15. The number of nitrogens with zero attached hydrogens (tertiary/aromatic N) is 1. The Bertz CT molecular complexity index is 575. The van der Waals surface area contributed by atoms with E-state index in [9.17, 15) is 4.79 Å². The summed E-state index contributed by atoms with van der Waals surface area (Å²) in [4.78, 5) is 16.0. The van der Waals surface area contributed by atoms with Crippen LogP contribution in [0.2, 0.25) is 0 Å². The zero-order valence-corrected chi connectivity index (χ0v) is 10.7. The zero-order chi connectivity index (χ0) is 13.3. The van der Waals surface area contributed by atoms with E-state index in [4.69, 9.17) is 10.2 Å². The third-order valence-corrected chi connectivity index (χ3v) is 2.78. The summed E-state index contributed by atoms with van der Waals surface area (Å²) in [5.41, 5.74) is 7.89. The SMILES string of the molecule is Cc1nc2cc(NC(=O)[C@@H](N)C(C)C)ccc2o1. The predicted molar refractivity (Wildman–Crippen MR) is 70.2 cm³/mol. The fourth-order valence-electron chi connectivity index (χ4n) is 1.65. The third kappa shape index (κ3) is 2.51. The van der Waals surface area contributed by atoms with Gasteiger partial charge in [0, 0.05) is 12.6 Å². The summed E-state index contributed by atoms with van der Waals surface area (Å²) in [5.74, 6) is 0.514. The Morgan fingerprint density at radius 1 is 1.44 bits per heavy atom. The molecule has 2 rings (SSSR count). The highest BCUT2D eigenvalue weighted by Crippen LogP contribution is 2.19. The highest BCUT2D eigenvalue weighted by molar-refractivity contribution is 5.96. The summed E-state index contributed by atoms with van der Waals surface area (Å²) < 4.78 is 5.37. The van der Waals surface area contributed by atoms with Crippen molar-refractivity contribution in [1.82, 2.24) is 4.98 Å². The quantitative estimate of drug-likeness (QED) is 0.869. The largest absolute Gasteiger partial charge is 0.441 e. The van der Waals surface area contributed by atoms with Crippen molar-refractivity contribution in [1.29, 1.82) is 0 Å². The van der Waals surface area contributed by atoms with Crippen molar-refractivity contribution in [2.45, 2.75) is 26.8 Å². The Balaban J connectivity index is 2.19. The predicted octanol–water partition coefficient (Wildman–Crippen LogP) is 2.06. The van der Waals surface area contributed by atoms with Gasteiger partial charge in [0.25, 0.3) is 0 Å². The van der Waals surface area contributed by atoms with Crippen LogP contribution in [-0.4, -0.2) is 16.9 Å². The van der Waals surface area contributed by atoms with Crippen LogP contribution in [0.4, 0.5) is 5.69 Å². The van der Waals surface area contributed by atoms with Crippen LogP contribution in [0.1, 0.15) is 19.7 Å². The lowest BCUT2D eigenvalue weighted by Crippen LogP contribution is -2.39. The van der Waals surface area contributed by atoms with Gasteiger partial charge in [0.05, 0.1) is 6.04 Å². The molecule has 2 aromatic rings. The number of anilines is 1. The van der Waals surface area contributed by atoms with Gasteiger partial charge in [-0.3, -0.25) is 4.79 Å². The Morgan fingerprint density at radius 3 is 2.83 bits per heavy atom. The molecule has 0 aliphatic heterocycles. The van der Waals surface area contributed by atoms with E-state index in [1.165, 1.54) is 0 Å². The van der Waals surface area contributed by atoms with Crippen molar-refractivity contribution in [3.05, 3.63) is 24.1 Å². The number of oxazole rings is 1. The van der Waals surface area contributed by atoms with Gasteiger partial charge in [0.1, 0.15) is 5.52 Å². The van der Waals surface area contributed by atoms with Crippen LogP contribution in [0.3, 0.4) is 0 Å². The third-order valence-electron chi connectivity index (χ3n) is 2.78. The van der Waals surface area contributed by atoms with Crippen molar-refractivity contribution in [2.24, 2.45) is 11.7 Å². The topological polar surface area (TPSA) is 81.2 Å². The molecule has 5 nitrogen and oxygen atoms in total. The number of aryl methyl sites for hydroxylation is 1.